The molecule has 6 heteroatoms. The first kappa shape index (κ1) is 11.7. The van der Waals surface area contributed by atoms with Crippen LogP contribution < -0.4 is 22.3 Å². The second-order valence-corrected chi connectivity index (χ2v) is 3.21. The molecule has 0 aromatic rings. The maximum absolute atomic E-state index is 11.1. The van der Waals surface area contributed by atoms with E-state index in [1.54, 1.807) is 0 Å². The average Bonchev–Trinajstić information content (AvgIpc) is 1.98. The molecule has 0 fully saturated rings. The number of nitrogens with one attached hydrogen (secondary N) is 2. The lowest BCUT2D eigenvalue weighted by atomic mass is 10.0. The van der Waals surface area contributed by atoms with Crippen molar-refractivity contribution in [1.82, 2.24) is 10.9 Å². The molecular weight excluding hydrogens is 172 g/mol. The van der Waals surface area contributed by atoms with Gasteiger partial charge >= 0.3 is 6.03 Å². The summed E-state index contributed by atoms with van der Waals surface area (Å²) in [6.45, 7) is 3.91. The van der Waals surface area contributed by atoms with Crippen LogP contribution in [0.1, 0.15) is 20.3 Å². The Morgan fingerprint density at radius 2 is 1.85 bits per heavy atom. The van der Waals surface area contributed by atoms with Crippen molar-refractivity contribution in [2.75, 3.05) is 0 Å². The smallest absolute Gasteiger partial charge is 0.330 e. The second kappa shape index (κ2) is 5.36. The highest BCUT2D eigenvalue weighted by molar-refractivity contribution is 5.84. The van der Waals surface area contributed by atoms with Crippen molar-refractivity contribution >= 4 is 11.9 Å². The van der Waals surface area contributed by atoms with E-state index >= 15 is 0 Å². The van der Waals surface area contributed by atoms with Crippen LogP contribution in [0.4, 0.5) is 4.79 Å². The quantitative estimate of drug-likeness (QED) is 0.429. The summed E-state index contributed by atoms with van der Waals surface area (Å²) < 4.78 is 0. The summed E-state index contributed by atoms with van der Waals surface area (Å²) in [7, 11) is 0. The molecule has 3 amide bonds. The topological polar surface area (TPSA) is 110 Å². The fourth-order valence-electron chi connectivity index (χ4n) is 0.831. The van der Waals surface area contributed by atoms with Crippen LogP contribution >= 0.6 is 0 Å². The van der Waals surface area contributed by atoms with Crippen molar-refractivity contribution in [2.45, 2.75) is 26.3 Å². The summed E-state index contributed by atoms with van der Waals surface area (Å²) in [6.07, 6.45) is 0.562. The van der Waals surface area contributed by atoms with Gasteiger partial charge in [-0.15, -0.1) is 0 Å². The van der Waals surface area contributed by atoms with Crippen LogP contribution in [0.3, 0.4) is 0 Å². The number of nitrogens with two attached hydrogens (primary N) is 2. The highest BCUT2D eigenvalue weighted by Gasteiger charge is 2.14. The van der Waals surface area contributed by atoms with Crippen LogP contribution in [-0.4, -0.2) is 18.0 Å². The minimum Gasteiger partial charge on any atom is -0.350 e. The number of amides is 3. The molecule has 0 aliphatic carbocycles. The zero-order valence-electron chi connectivity index (χ0n) is 7.83. The third-order valence-electron chi connectivity index (χ3n) is 1.37. The Morgan fingerprint density at radius 3 is 2.23 bits per heavy atom. The molecule has 0 aliphatic heterocycles. The van der Waals surface area contributed by atoms with E-state index in [-0.39, 0.29) is 0 Å². The van der Waals surface area contributed by atoms with Crippen LogP contribution in [0.2, 0.25) is 0 Å². The Kier molecular flexibility index (Phi) is 4.83. The van der Waals surface area contributed by atoms with Crippen LogP contribution in [0.25, 0.3) is 0 Å². The van der Waals surface area contributed by atoms with Crippen LogP contribution in [0.15, 0.2) is 0 Å². The van der Waals surface area contributed by atoms with Gasteiger partial charge in [0.05, 0.1) is 6.04 Å². The van der Waals surface area contributed by atoms with Gasteiger partial charge in [-0.25, -0.2) is 10.2 Å². The van der Waals surface area contributed by atoms with Gasteiger partial charge in [0, 0.05) is 0 Å². The maximum Gasteiger partial charge on any atom is 0.330 e. The highest BCUT2D eigenvalue weighted by Crippen LogP contribution is 2.01. The molecule has 0 heterocycles. The number of rotatable bonds is 3. The molecule has 0 aromatic heterocycles. The molecule has 0 bridgehead atoms. The molecular formula is C7H16N4O2. The highest BCUT2D eigenvalue weighted by atomic mass is 16.2. The summed E-state index contributed by atoms with van der Waals surface area (Å²) in [5.74, 6) is -0.109. The van der Waals surface area contributed by atoms with Gasteiger partial charge in [-0.05, 0) is 12.3 Å². The van der Waals surface area contributed by atoms with E-state index < -0.39 is 18.0 Å². The first-order valence-corrected chi connectivity index (χ1v) is 4.04. The fourth-order valence-corrected chi connectivity index (χ4v) is 0.831. The zero-order valence-corrected chi connectivity index (χ0v) is 7.83. The maximum atomic E-state index is 11.1. The van der Waals surface area contributed by atoms with Gasteiger partial charge in [-0.2, -0.15) is 0 Å². The Morgan fingerprint density at radius 1 is 1.31 bits per heavy atom. The number of carbonyl (C=O) groups excluding carboxylic acids is 2. The standard InChI is InChI=1S/C7H16N4O2/c1-4(2)3-5(8)6(12)10-11-7(9)13/h4-5H,3,8H2,1-2H3,(H,10,12)(H3,9,11,13)/t5-/m0/s1. The first-order chi connectivity index (χ1) is 5.93. The van der Waals surface area contributed by atoms with Crippen molar-refractivity contribution in [3.63, 3.8) is 0 Å². The van der Waals surface area contributed by atoms with Gasteiger partial charge in [0.2, 0.25) is 0 Å². The molecule has 0 unspecified atom stereocenters. The summed E-state index contributed by atoms with van der Waals surface area (Å²) >= 11 is 0. The van der Waals surface area contributed by atoms with E-state index in [0.717, 1.165) is 0 Å². The minimum absolute atomic E-state index is 0.328. The third kappa shape index (κ3) is 5.92. The first-order valence-electron chi connectivity index (χ1n) is 4.04. The Hall–Kier alpha value is -1.30. The number of hydrogen-bond donors (Lipinski definition) is 4. The summed E-state index contributed by atoms with van der Waals surface area (Å²) in [5, 5.41) is 0. The third-order valence-corrected chi connectivity index (χ3v) is 1.37. The number of primary amides is 1. The lowest BCUT2D eigenvalue weighted by Gasteiger charge is -2.13. The summed E-state index contributed by atoms with van der Waals surface area (Å²) in [6, 6.07) is -1.43. The van der Waals surface area contributed by atoms with Crippen LogP contribution in [0, 0.1) is 5.92 Å². The van der Waals surface area contributed by atoms with Crippen molar-refractivity contribution in [2.24, 2.45) is 17.4 Å². The van der Waals surface area contributed by atoms with E-state index in [9.17, 15) is 9.59 Å². The van der Waals surface area contributed by atoms with Crippen LogP contribution in [0.5, 0.6) is 0 Å². The van der Waals surface area contributed by atoms with Crippen LogP contribution in [-0.2, 0) is 4.79 Å². The van der Waals surface area contributed by atoms with E-state index in [1.165, 1.54) is 0 Å². The molecule has 0 saturated heterocycles. The zero-order chi connectivity index (χ0) is 10.4. The van der Waals surface area contributed by atoms with Gasteiger partial charge in [-0.3, -0.25) is 10.2 Å². The second-order valence-electron chi connectivity index (χ2n) is 3.21. The predicted molar refractivity (Wildman–Crippen MR) is 48.3 cm³/mol. The molecule has 0 saturated carbocycles. The molecule has 0 aliphatic rings. The van der Waals surface area contributed by atoms with E-state index in [1.807, 2.05) is 19.3 Å². The SMILES string of the molecule is CC(C)C[C@H](N)C(=O)NNC(N)=O. The Bertz CT molecular complexity index is 193. The minimum atomic E-state index is -0.815. The van der Waals surface area contributed by atoms with E-state index in [4.69, 9.17) is 11.5 Å². The molecule has 76 valence electrons. The van der Waals surface area contributed by atoms with Crippen molar-refractivity contribution < 1.29 is 9.59 Å². The molecule has 0 radical (unpaired) electrons. The monoisotopic (exact) mass is 188 g/mol. The van der Waals surface area contributed by atoms with Gasteiger partial charge in [0.15, 0.2) is 0 Å². The number of carbonyl (C=O) groups is 2. The predicted octanol–water partition coefficient (Wildman–Crippen LogP) is -0.941. The molecule has 0 spiro atoms. The van der Waals surface area contributed by atoms with Gasteiger partial charge in [0.1, 0.15) is 0 Å². The van der Waals surface area contributed by atoms with E-state index in [0.29, 0.717) is 12.3 Å². The largest absolute Gasteiger partial charge is 0.350 e. The normalized spacial score (nSPS) is 12.3. The molecule has 1 atom stereocenters. The fraction of sp³-hybridized carbons (Fsp3) is 0.714. The number of urea groups is 1. The summed E-state index contributed by atoms with van der Waals surface area (Å²) in [5.41, 5.74) is 14.3. The van der Waals surface area contributed by atoms with Gasteiger partial charge in [-0.1, -0.05) is 13.8 Å². The Labute approximate surface area is 77.0 Å². The number of hydrazine groups is 1. The average molecular weight is 188 g/mol. The summed E-state index contributed by atoms with van der Waals surface area (Å²) in [4.78, 5) is 21.3. The Balaban J connectivity index is 3.76. The van der Waals surface area contributed by atoms with Gasteiger partial charge in [0.25, 0.3) is 5.91 Å². The molecule has 6 nitrogen and oxygen atoms in total. The molecule has 13 heavy (non-hydrogen) atoms. The van der Waals surface area contributed by atoms with Crippen molar-refractivity contribution in [1.29, 1.82) is 0 Å². The lowest BCUT2D eigenvalue weighted by molar-refractivity contribution is -0.123. The molecule has 6 N–H and O–H groups in total. The van der Waals surface area contributed by atoms with Gasteiger partial charge < -0.3 is 11.5 Å². The lowest BCUT2D eigenvalue weighted by Crippen LogP contribution is -2.51. The van der Waals surface area contributed by atoms with E-state index in [2.05, 4.69) is 5.43 Å². The van der Waals surface area contributed by atoms with Crippen molar-refractivity contribution in [3.05, 3.63) is 0 Å². The molecule has 0 rings (SSSR count). The molecule has 0 aromatic carbocycles. The number of hydrogen-bond acceptors (Lipinski definition) is 3. The van der Waals surface area contributed by atoms with Crippen molar-refractivity contribution in [3.8, 4) is 0 Å².